The van der Waals surface area contributed by atoms with E-state index >= 15 is 0 Å². The number of carbonyl (C=O) groups excluding carboxylic acids is 2. The highest BCUT2D eigenvalue weighted by atomic mass is 35.5. The van der Waals surface area contributed by atoms with E-state index in [4.69, 9.17) is 16.3 Å². The maximum Gasteiger partial charge on any atom is 0.328 e. The van der Waals surface area contributed by atoms with Gasteiger partial charge in [-0.25, -0.2) is 4.79 Å². The van der Waals surface area contributed by atoms with Gasteiger partial charge in [-0.1, -0.05) is 42.8 Å². The number of imide groups is 1. The Morgan fingerprint density at radius 1 is 1.09 bits per heavy atom. The van der Waals surface area contributed by atoms with Crippen molar-refractivity contribution in [2.45, 2.75) is 32.0 Å². The van der Waals surface area contributed by atoms with Gasteiger partial charge < -0.3 is 14.5 Å². The van der Waals surface area contributed by atoms with Crippen molar-refractivity contribution in [2.24, 2.45) is 5.92 Å². The van der Waals surface area contributed by atoms with Gasteiger partial charge in [0.15, 0.2) is 0 Å². The molecule has 8 nitrogen and oxygen atoms in total. The van der Waals surface area contributed by atoms with Crippen LogP contribution in [0.5, 0.6) is 5.75 Å². The molecule has 3 fully saturated rings. The average molecular weight is 470 g/mol. The Kier molecular flexibility index (Phi) is 5.68. The fraction of sp³-hybridized carbons (Fsp3) is 0.417. The van der Waals surface area contributed by atoms with Crippen LogP contribution < -0.4 is 15.0 Å². The second-order valence-corrected chi connectivity index (χ2v) is 9.44. The number of fused-ring (bicyclic) bond motifs is 3. The van der Waals surface area contributed by atoms with Crippen molar-refractivity contribution in [3.05, 3.63) is 59.1 Å². The van der Waals surface area contributed by atoms with Gasteiger partial charge in [0.25, 0.3) is 5.91 Å². The number of rotatable bonds is 4. The fourth-order valence-corrected chi connectivity index (χ4v) is 5.31. The lowest BCUT2D eigenvalue weighted by Crippen LogP contribution is -2.66. The van der Waals surface area contributed by atoms with Gasteiger partial charge in [-0.05, 0) is 35.7 Å². The number of carbonyl (C=O) groups is 2. The minimum Gasteiger partial charge on any atom is -0.495 e. The average Bonchev–Trinajstić information content (AvgIpc) is 3.20. The first-order valence-corrected chi connectivity index (χ1v) is 11.5. The maximum atomic E-state index is 13.7. The zero-order valence-corrected chi connectivity index (χ0v) is 19.7. The van der Waals surface area contributed by atoms with Gasteiger partial charge in [-0.15, -0.1) is 0 Å². The van der Waals surface area contributed by atoms with Crippen LogP contribution in [-0.4, -0.2) is 72.4 Å². The van der Waals surface area contributed by atoms with E-state index in [9.17, 15) is 9.59 Å². The molecule has 3 aliphatic heterocycles. The smallest absolute Gasteiger partial charge is 0.328 e. The zero-order valence-electron chi connectivity index (χ0n) is 18.9. The summed E-state index contributed by atoms with van der Waals surface area (Å²) in [5, 5.41) is 4.17. The maximum absolute atomic E-state index is 13.7. The number of amides is 3. The number of anilines is 1. The van der Waals surface area contributed by atoms with Crippen molar-refractivity contribution in [1.29, 1.82) is 0 Å². The first-order valence-electron chi connectivity index (χ1n) is 11.1. The van der Waals surface area contributed by atoms with Crippen LogP contribution in [0.15, 0.2) is 48.5 Å². The van der Waals surface area contributed by atoms with Crippen molar-refractivity contribution >= 4 is 29.2 Å². The molecule has 0 radical (unpaired) electrons. The number of nitrogens with zero attached hydrogens (tertiary/aromatic N) is 4. The van der Waals surface area contributed by atoms with Crippen LogP contribution in [0, 0.1) is 5.92 Å². The van der Waals surface area contributed by atoms with E-state index in [0.29, 0.717) is 10.9 Å². The van der Waals surface area contributed by atoms with Gasteiger partial charge in [0.05, 0.1) is 19.3 Å². The van der Waals surface area contributed by atoms with Crippen molar-refractivity contribution in [3.8, 4) is 5.75 Å². The Balaban J connectivity index is 1.47. The molecule has 5 rings (SSSR count). The highest BCUT2D eigenvalue weighted by Gasteiger charge is 2.56. The van der Waals surface area contributed by atoms with Crippen LogP contribution in [0.1, 0.15) is 12.5 Å². The minimum absolute atomic E-state index is 0.179. The molecule has 0 bridgehead atoms. The first kappa shape index (κ1) is 22.0. The molecule has 9 heteroatoms. The van der Waals surface area contributed by atoms with E-state index in [-0.39, 0.29) is 24.8 Å². The Morgan fingerprint density at radius 2 is 1.82 bits per heavy atom. The van der Waals surface area contributed by atoms with Gasteiger partial charge in [0, 0.05) is 25.2 Å². The predicted molar refractivity (Wildman–Crippen MR) is 126 cm³/mol. The number of ether oxygens (including phenoxy) is 1. The van der Waals surface area contributed by atoms with Gasteiger partial charge in [0.1, 0.15) is 24.2 Å². The topological polar surface area (TPSA) is 68.4 Å². The van der Waals surface area contributed by atoms with E-state index in [0.717, 1.165) is 30.1 Å². The lowest BCUT2D eigenvalue weighted by molar-refractivity contribution is -0.139. The van der Waals surface area contributed by atoms with Gasteiger partial charge >= 0.3 is 6.03 Å². The largest absolute Gasteiger partial charge is 0.495 e. The molecular formula is C24H28ClN5O3. The monoisotopic (exact) mass is 469 g/mol. The minimum atomic E-state index is -0.468. The summed E-state index contributed by atoms with van der Waals surface area (Å²) in [6, 6.07) is 14.4. The summed E-state index contributed by atoms with van der Waals surface area (Å²) in [5.41, 5.74) is 1.82. The molecule has 2 aromatic carbocycles. The van der Waals surface area contributed by atoms with E-state index < -0.39 is 12.2 Å². The van der Waals surface area contributed by atoms with Crippen molar-refractivity contribution in [3.63, 3.8) is 0 Å². The van der Waals surface area contributed by atoms with Crippen molar-refractivity contribution < 1.29 is 14.3 Å². The van der Waals surface area contributed by atoms with Crippen LogP contribution in [-0.2, 0) is 11.3 Å². The number of methoxy groups -OCH3 is 1. The second-order valence-electron chi connectivity index (χ2n) is 9.00. The number of halogens is 1. The second kappa shape index (κ2) is 8.52. The summed E-state index contributed by atoms with van der Waals surface area (Å²) in [5.74, 6) is 0.928. The molecule has 0 spiro atoms. The number of hydrogen-bond donors (Lipinski definition) is 1. The van der Waals surface area contributed by atoms with E-state index in [1.807, 2.05) is 36.4 Å². The molecule has 3 aliphatic rings. The van der Waals surface area contributed by atoms with Crippen LogP contribution in [0.4, 0.5) is 10.5 Å². The van der Waals surface area contributed by atoms with Crippen LogP contribution in [0.25, 0.3) is 0 Å². The third kappa shape index (κ3) is 3.72. The lowest BCUT2D eigenvalue weighted by Gasteiger charge is -2.46. The Morgan fingerprint density at radius 3 is 2.55 bits per heavy atom. The number of para-hydroxylation sites is 2. The Bertz CT molecular complexity index is 1060. The molecule has 4 atom stereocenters. The summed E-state index contributed by atoms with van der Waals surface area (Å²) in [4.78, 5) is 34.3. The summed E-state index contributed by atoms with van der Waals surface area (Å²) in [6.07, 6.45) is -0.624. The van der Waals surface area contributed by atoms with Crippen LogP contribution in [0.2, 0.25) is 5.02 Å². The predicted octanol–water partition coefficient (Wildman–Crippen LogP) is 2.78. The quantitative estimate of drug-likeness (QED) is 0.742. The molecule has 33 heavy (non-hydrogen) atoms. The number of nitrogens with one attached hydrogen (secondary N) is 1. The van der Waals surface area contributed by atoms with Gasteiger partial charge in [0.2, 0.25) is 0 Å². The molecule has 0 aliphatic carbocycles. The number of likely N-dealkylation sites (N-methyl/N-ethyl adjacent to an activating group) is 1. The molecule has 0 saturated carbocycles. The summed E-state index contributed by atoms with van der Waals surface area (Å²) in [7, 11) is 3.42. The molecule has 4 unspecified atom stereocenters. The number of hydrogen-bond acceptors (Lipinski definition) is 6. The molecule has 1 N–H and O–H groups in total. The van der Waals surface area contributed by atoms with Crippen LogP contribution in [0.3, 0.4) is 0 Å². The molecule has 0 aromatic heterocycles. The molecule has 3 heterocycles. The van der Waals surface area contributed by atoms with Crippen molar-refractivity contribution in [1.82, 2.24) is 20.0 Å². The standard InChI is InChI=1S/C24H28ClN5O3/c1-15-12-28(18-6-4-5-7-19(18)33-3)23-26-21-20(29(23)13-15)22(31)30(24(32)27(21)2)14-16-8-10-17(25)11-9-16/h4-11,15,20-21,23,26H,12-14H2,1-3H3. The highest BCUT2D eigenvalue weighted by molar-refractivity contribution is 6.30. The van der Waals surface area contributed by atoms with Gasteiger partial charge in [-0.2, -0.15) is 0 Å². The first-order chi connectivity index (χ1) is 15.9. The Hall–Kier alpha value is -2.81. The molecule has 174 valence electrons. The third-order valence-electron chi connectivity index (χ3n) is 6.73. The molecule has 3 saturated heterocycles. The van der Waals surface area contributed by atoms with E-state index in [1.165, 1.54) is 4.90 Å². The molecule has 2 aromatic rings. The zero-order chi connectivity index (χ0) is 23.3. The number of urea groups is 1. The summed E-state index contributed by atoms with van der Waals surface area (Å²) < 4.78 is 5.62. The van der Waals surface area contributed by atoms with E-state index in [1.54, 1.807) is 31.2 Å². The normalized spacial score (nSPS) is 27.6. The van der Waals surface area contributed by atoms with Crippen molar-refractivity contribution in [2.75, 3.05) is 32.1 Å². The SMILES string of the molecule is COc1ccccc1N1CC(C)CN2C3C(=O)N(Cc4ccc(Cl)cc4)C(=O)N(C)C3NC12. The Labute approximate surface area is 198 Å². The summed E-state index contributed by atoms with van der Waals surface area (Å²) in [6.45, 7) is 3.97. The summed E-state index contributed by atoms with van der Waals surface area (Å²) >= 11 is 6.00. The van der Waals surface area contributed by atoms with E-state index in [2.05, 4.69) is 22.0 Å². The lowest BCUT2D eigenvalue weighted by atomic mass is 10.0. The highest BCUT2D eigenvalue weighted by Crippen LogP contribution is 2.38. The fourth-order valence-electron chi connectivity index (χ4n) is 5.19. The molecular weight excluding hydrogens is 442 g/mol. The number of benzene rings is 2. The molecule has 3 amide bonds. The van der Waals surface area contributed by atoms with Gasteiger partial charge in [-0.3, -0.25) is 19.9 Å². The van der Waals surface area contributed by atoms with Crippen LogP contribution >= 0.6 is 11.6 Å². The third-order valence-corrected chi connectivity index (χ3v) is 6.99.